The summed E-state index contributed by atoms with van der Waals surface area (Å²) in [4.78, 5) is 19.2. The van der Waals surface area contributed by atoms with Crippen LogP contribution in [0, 0.1) is 12.8 Å². The summed E-state index contributed by atoms with van der Waals surface area (Å²) in [7, 11) is 0. The Hall–Kier alpha value is -1.98. The SMILES string of the molecule is Cc1ccc(N)cc1NC(=O)c1ccc(N2CCC(C)CC2)nc1.Cl.Cl. The van der Waals surface area contributed by atoms with Gasteiger partial charge >= 0.3 is 0 Å². The summed E-state index contributed by atoms with van der Waals surface area (Å²) < 4.78 is 0. The highest BCUT2D eigenvalue weighted by Crippen LogP contribution is 2.22. The van der Waals surface area contributed by atoms with Crippen molar-refractivity contribution in [3.8, 4) is 0 Å². The van der Waals surface area contributed by atoms with Crippen molar-refractivity contribution < 1.29 is 4.79 Å². The molecule has 1 saturated heterocycles. The first-order chi connectivity index (χ1) is 11.5. The molecule has 0 radical (unpaired) electrons. The van der Waals surface area contributed by atoms with E-state index in [4.69, 9.17) is 5.73 Å². The third-order valence-corrected chi connectivity index (χ3v) is 4.63. The van der Waals surface area contributed by atoms with Crippen LogP contribution < -0.4 is 16.0 Å². The summed E-state index contributed by atoms with van der Waals surface area (Å²) in [6.07, 6.45) is 4.03. The topological polar surface area (TPSA) is 71.2 Å². The lowest BCUT2D eigenvalue weighted by Crippen LogP contribution is -2.33. The maximum Gasteiger partial charge on any atom is 0.257 e. The molecule has 1 aromatic carbocycles. The predicted octanol–water partition coefficient (Wildman–Crippen LogP) is 4.30. The fraction of sp³-hybridized carbons (Fsp3) is 0.368. The van der Waals surface area contributed by atoms with Crippen LogP contribution in [0.4, 0.5) is 17.2 Å². The number of rotatable bonds is 3. The van der Waals surface area contributed by atoms with Gasteiger partial charge in [-0.25, -0.2) is 4.98 Å². The van der Waals surface area contributed by atoms with Crippen molar-refractivity contribution in [2.45, 2.75) is 26.7 Å². The molecular formula is C19H26Cl2N4O. The number of hydrogen-bond acceptors (Lipinski definition) is 4. The predicted molar refractivity (Wildman–Crippen MR) is 113 cm³/mol. The molecule has 1 amide bonds. The Kier molecular flexibility index (Phi) is 8.18. The van der Waals surface area contributed by atoms with Crippen LogP contribution in [0.15, 0.2) is 36.5 Å². The number of benzene rings is 1. The monoisotopic (exact) mass is 396 g/mol. The van der Waals surface area contributed by atoms with Gasteiger partial charge in [-0.3, -0.25) is 4.79 Å². The minimum Gasteiger partial charge on any atom is -0.399 e. The molecule has 3 N–H and O–H groups in total. The van der Waals surface area contributed by atoms with E-state index in [1.165, 1.54) is 12.8 Å². The molecule has 142 valence electrons. The van der Waals surface area contributed by atoms with Gasteiger partial charge in [0.2, 0.25) is 0 Å². The number of halogens is 2. The van der Waals surface area contributed by atoms with Crippen LogP contribution >= 0.6 is 24.8 Å². The van der Waals surface area contributed by atoms with Crippen molar-refractivity contribution in [1.29, 1.82) is 0 Å². The molecule has 2 heterocycles. The first kappa shape index (κ1) is 22.1. The van der Waals surface area contributed by atoms with Crippen LogP contribution in [-0.2, 0) is 0 Å². The van der Waals surface area contributed by atoms with Gasteiger partial charge in [-0.05, 0) is 55.5 Å². The van der Waals surface area contributed by atoms with Crippen LogP contribution in [0.2, 0.25) is 0 Å². The minimum atomic E-state index is -0.171. The smallest absolute Gasteiger partial charge is 0.257 e. The normalized spacial score (nSPS) is 14.2. The number of aryl methyl sites for hydroxylation is 1. The Labute approximate surface area is 167 Å². The molecule has 0 bridgehead atoms. The van der Waals surface area contributed by atoms with E-state index in [-0.39, 0.29) is 30.7 Å². The van der Waals surface area contributed by atoms with E-state index in [9.17, 15) is 4.79 Å². The van der Waals surface area contributed by atoms with Crippen LogP contribution in [0.5, 0.6) is 0 Å². The Balaban J connectivity index is 0.00000169. The summed E-state index contributed by atoms with van der Waals surface area (Å²) >= 11 is 0. The first-order valence-electron chi connectivity index (χ1n) is 8.41. The molecule has 5 nitrogen and oxygen atoms in total. The standard InChI is InChI=1S/C19H24N4O.2ClH/c1-13-7-9-23(10-8-13)18-6-4-15(12-21-18)19(24)22-17-11-16(20)5-3-14(17)2;;/h3-6,11-13H,7-10,20H2,1-2H3,(H,22,24);2*1H. The van der Waals surface area contributed by atoms with Crippen molar-refractivity contribution in [3.05, 3.63) is 47.7 Å². The van der Waals surface area contributed by atoms with Gasteiger partial charge in [0.15, 0.2) is 0 Å². The first-order valence-corrected chi connectivity index (χ1v) is 8.41. The van der Waals surface area contributed by atoms with Crippen molar-refractivity contribution in [1.82, 2.24) is 4.98 Å². The summed E-state index contributed by atoms with van der Waals surface area (Å²) in [5, 5.41) is 2.90. The van der Waals surface area contributed by atoms with Crippen LogP contribution in [0.25, 0.3) is 0 Å². The lowest BCUT2D eigenvalue weighted by molar-refractivity contribution is 0.102. The van der Waals surface area contributed by atoms with E-state index < -0.39 is 0 Å². The van der Waals surface area contributed by atoms with E-state index in [0.29, 0.717) is 11.3 Å². The van der Waals surface area contributed by atoms with Gasteiger partial charge in [0.05, 0.1) is 5.56 Å². The average Bonchev–Trinajstić information content (AvgIpc) is 2.59. The Morgan fingerprint density at radius 3 is 2.50 bits per heavy atom. The Morgan fingerprint density at radius 1 is 1.19 bits per heavy atom. The summed E-state index contributed by atoms with van der Waals surface area (Å²) in [6, 6.07) is 9.24. The average molecular weight is 397 g/mol. The number of aromatic nitrogens is 1. The second-order valence-electron chi connectivity index (χ2n) is 6.60. The quantitative estimate of drug-likeness (QED) is 0.758. The zero-order valence-corrected chi connectivity index (χ0v) is 16.7. The van der Waals surface area contributed by atoms with Crippen LogP contribution in [-0.4, -0.2) is 24.0 Å². The van der Waals surface area contributed by atoms with Gasteiger partial charge in [-0.2, -0.15) is 0 Å². The molecule has 1 aromatic heterocycles. The molecule has 0 atom stereocenters. The third-order valence-electron chi connectivity index (χ3n) is 4.63. The van der Waals surface area contributed by atoms with Gasteiger partial charge in [0, 0.05) is 30.7 Å². The number of nitrogens with two attached hydrogens (primary N) is 1. The lowest BCUT2D eigenvalue weighted by atomic mass is 9.99. The van der Waals surface area contributed by atoms with E-state index in [1.54, 1.807) is 12.3 Å². The van der Waals surface area contributed by atoms with Gasteiger partial charge in [0.1, 0.15) is 5.82 Å². The lowest BCUT2D eigenvalue weighted by Gasteiger charge is -2.31. The molecule has 2 aromatic rings. The fourth-order valence-electron chi connectivity index (χ4n) is 2.91. The summed E-state index contributed by atoms with van der Waals surface area (Å²) in [5.74, 6) is 1.56. The largest absolute Gasteiger partial charge is 0.399 e. The van der Waals surface area contributed by atoms with E-state index in [0.717, 1.165) is 36.1 Å². The number of anilines is 3. The molecular weight excluding hydrogens is 371 g/mol. The molecule has 0 spiro atoms. The second kappa shape index (κ2) is 9.64. The highest BCUT2D eigenvalue weighted by molar-refractivity contribution is 6.04. The van der Waals surface area contributed by atoms with Gasteiger partial charge in [-0.1, -0.05) is 13.0 Å². The van der Waals surface area contributed by atoms with E-state index >= 15 is 0 Å². The van der Waals surface area contributed by atoms with Gasteiger partial charge in [-0.15, -0.1) is 24.8 Å². The maximum atomic E-state index is 12.4. The summed E-state index contributed by atoms with van der Waals surface area (Å²) in [5.41, 5.74) is 8.67. The Morgan fingerprint density at radius 2 is 1.88 bits per heavy atom. The van der Waals surface area contributed by atoms with Crippen LogP contribution in [0.3, 0.4) is 0 Å². The van der Waals surface area contributed by atoms with Crippen molar-refractivity contribution in [3.63, 3.8) is 0 Å². The Bertz CT molecular complexity index is 729. The number of hydrogen-bond donors (Lipinski definition) is 2. The molecule has 3 rings (SSSR count). The number of carbonyl (C=O) groups excluding carboxylic acids is 1. The minimum absolute atomic E-state index is 0. The van der Waals surface area contributed by atoms with Gasteiger partial charge < -0.3 is 16.0 Å². The molecule has 1 fully saturated rings. The van der Waals surface area contributed by atoms with E-state index in [2.05, 4.69) is 22.1 Å². The van der Waals surface area contributed by atoms with Crippen LogP contribution in [0.1, 0.15) is 35.7 Å². The molecule has 7 heteroatoms. The highest BCUT2D eigenvalue weighted by Gasteiger charge is 2.17. The number of piperidine rings is 1. The molecule has 0 aliphatic carbocycles. The molecule has 0 saturated carbocycles. The van der Waals surface area contributed by atoms with E-state index in [1.807, 2.05) is 31.2 Å². The van der Waals surface area contributed by atoms with Crippen molar-refractivity contribution in [2.24, 2.45) is 5.92 Å². The maximum absolute atomic E-state index is 12.4. The third kappa shape index (κ3) is 5.26. The number of amides is 1. The van der Waals surface area contributed by atoms with Crippen molar-refractivity contribution in [2.75, 3.05) is 29.0 Å². The number of nitrogens with zero attached hydrogens (tertiary/aromatic N) is 2. The number of carbonyl (C=O) groups is 1. The summed E-state index contributed by atoms with van der Waals surface area (Å²) in [6.45, 7) is 6.29. The molecule has 26 heavy (non-hydrogen) atoms. The zero-order chi connectivity index (χ0) is 17.1. The van der Waals surface area contributed by atoms with Gasteiger partial charge in [0.25, 0.3) is 5.91 Å². The zero-order valence-electron chi connectivity index (χ0n) is 15.1. The molecule has 0 unspecified atom stereocenters. The fourth-order valence-corrected chi connectivity index (χ4v) is 2.91. The molecule has 1 aliphatic rings. The van der Waals surface area contributed by atoms with Crippen molar-refractivity contribution >= 4 is 47.9 Å². The highest BCUT2D eigenvalue weighted by atomic mass is 35.5. The second-order valence-corrected chi connectivity index (χ2v) is 6.60. The number of nitrogen functional groups attached to an aromatic ring is 1. The molecule has 1 aliphatic heterocycles. The number of pyridine rings is 1. The number of nitrogens with one attached hydrogen (secondary N) is 1.